The van der Waals surface area contributed by atoms with Crippen LogP contribution in [0.1, 0.15) is 36.5 Å². The van der Waals surface area contributed by atoms with Crippen LogP contribution in [0.25, 0.3) is 0 Å². The molecule has 2 N–H and O–H groups in total. The van der Waals surface area contributed by atoms with Gasteiger partial charge in [-0.1, -0.05) is 31.4 Å². The quantitative estimate of drug-likeness (QED) is 0.650. The summed E-state index contributed by atoms with van der Waals surface area (Å²) in [7, 11) is 1.77. The highest BCUT2D eigenvalue weighted by molar-refractivity contribution is 6.29. The van der Waals surface area contributed by atoms with Gasteiger partial charge in [0.1, 0.15) is 5.15 Å². The van der Waals surface area contributed by atoms with Crippen LogP contribution in [0.2, 0.25) is 5.15 Å². The maximum Gasteiger partial charge on any atom is 0.255 e. The second-order valence-electron chi connectivity index (χ2n) is 4.03. The van der Waals surface area contributed by atoms with Gasteiger partial charge in [0.2, 0.25) is 0 Å². The number of halogens is 1. The fourth-order valence-corrected chi connectivity index (χ4v) is 1.69. The van der Waals surface area contributed by atoms with E-state index in [0.29, 0.717) is 11.3 Å². The topological polar surface area (TPSA) is 59.2 Å². The minimum Gasteiger partial charge on any atom is -0.397 e. The standard InChI is InChI=1S/C12H18ClN3O/c1-3-4-5-6-16(2)12(17)9-7-11(13)15-8-10(9)14/h7-8H,3-6,14H2,1-2H3. The molecule has 1 aromatic heterocycles. The Morgan fingerprint density at radius 2 is 2.24 bits per heavy atom. The summed E-state index contributed by atoms with van der Waals surface area (Å²) in [6.07, 6.45) is 4.66. The fourth-order valence-electron chi connectivity index (χ4n) is 1.53. The van der Waals surface area contributed by atoms with Crippen molar-refractivity contribution in [1.29, 1.82) is 0 Å². The second kappa shape index (κ2) is 6.45. The van der Waals surface area contributed by atoms with Crippen molar-refractivity contribution in [1.82, 2.24) is 9.88 Å². The van der Waals surface area contributed by atoms with Crippen LogP contribution in [0.3, 0.4) is 0 Å². The molecule has 0 aliphatic rings. The van der Waals surface area contributed by atoms with E-state index in [1.54, 1.807) is 11.9 Å². The lowest BCUT2D eigenvalue weighted by Crippen LogP contribution is -2.28. The number of nitrogens with two attached hydrogens (primary N) is 1. The molecule has 17 heavy (non-hydrogen) atoms. The number of aromatic nitrogens is 1. The Morgan fingerprint density at radius 1 is 1.53 bits per heavy atom. The van der Waals surface area contributed by atoms with E-state index < -0.39 is 0 Å². The second-order valence-corrected chi connectivity index (χ2v) is 4.42. The molecule has 4 nitrogen and oxygen atoms in total. The van der Waals surface area contributed by atoms with Gasteiger partial charge in [-0.3, -0.25) is 4.79 Å². The van der Waals surface area contributed by atoms with Gasteiger partial charge in [-0.15, -0.1) is 0 Å². The highest BCUT2D eigenvalue weighted by Crippen LogP contribution is 2.16. The van der Waals surface area contributed by atoms with Crippen LogP contribution in [0.5, 0.6) is 0 Å². The molecule has 0 radical (unpaired) electrons. The third-order valence-corrected chi connectivity index (χ3v) is 2.78. The third kappa shape index (κ3) is 3.89. The summed E-state index contributed by atoms with van der Waals surface area (Å²) in [5.41, 5.74) is 6.50. The van der Waals surface area contributed by atoms with E-state index in [9.17, 15) is 4.79 Å². The number of carbonyl (C=O) groups excluding carboxylic acids is 1. The molecule has 0 fully saturated rings. The van der Waals surface area contributed by atoms with E-state index in [1.807, 2.05) is 0 Å². The Morgan fingerprint density at radius 3 is 2.88 bits per heavy atom. The van der Waals surface area contributed by atoms with E-state index in [1.165, 1.54) is 12.3 Å². The maximum atomic E-state index is 12.1. The first-order valence-electron chi connectivity index (χ1n) is 5.72. The van der Waals surface area contributed by atoms with Crippen molar-refractivity contribution in [2.45, 2.75) is 26.2 Å². The minimum absolute atomic E-state index is 0.108. The van der Waals surface area contributed by atoms with Gasteiger partial charge < -0.3 is 10.6 Å². The highest BCUT2D eigenvalue weighted by atomic mass is 35.5. The number of pyridine rings is 1. The number of hydrogen-bond donors (Lipinski definition) is 1. The molecule has 0 aromatic carbocycles. The summed E-state index contributed by atoms with van der Waals surface area (Å²) in [6.45, 7) is 2.86. The Balaban J connectivity index is 2.71. The van der Waals surface area contributed by atoms with Crippen LogP contribution < -0.4 is 5.73 Å². The molecule has 0 unspecified atom stereocenters. The Labute approximate surface area is 107 Å². The van der Waals surface area contributed by atoms with Gasteiger partial charge in [0, 0.05) is 13.6 Å². The van der Waals surface area contributed by atoms with Crippen LogP contribution in [0.4, 0.5) is 5.69 Å². The molecule has 1 rings (SSSR count). The zero-order chi connectivity index (χ0) is 12.8. The SMILES string of the molecule is CCCCCN(C)C(=O)c1cc(Cl)ncc1N. The van der Waals surface area contributed by atoms with Crippen molar-refractivity contribution in [2.24, 2.45) is 0 Å². The number of nitrogen functional groups attached to an aromatic ring is 1. The number of hydrogen-bond acceptors (Lipinski definition) is 3. The summed E-state index contributed by atoms with van der Waals surface area (Å²) < 4.78 is 0. The average molecular weight is 256 g/mol. The van der Waals surface area contributed by atoms with Gasteiger partial charge in [-0.25, -0.2) is 4.98 Å². The molecule has 1 amide bonds. The molecule has 0 saturated carbocycles. The van der Waals surface area contributed by atoms with Crippen LogP contribution in [-0.2, 0) is 0 Å². The highest BCUT2D eigenvalue weighted by Gasteiger charge is 2.15. The summed E-state index contributed by atoms with van der Waals surface area (Å²) in [6, 6.07) is 1.51. The number of rotatable bonds is 5. The van der Waals surface area contributed by atoms with Crippen molar-refractivity contribution >= 4 is 23.2 Å². The molecule has 0 bridgehead atoms. The normalized spacial score (nSPS) is 10.3. The van der Waals surface area contributed by atoms with Gasteiger partial charge >= 0.3 is 0 Å². The molecule has 94 valence electrons. The summed E-state index contributed by atoms with van der Waals surface area (Å²) in [5, 5.41) is 0.282. The molecule has 0 spiro atoms. The van der Waals surface area contributed by atoms with Gasteiger partial charge in [-0.05, 0) is 12.5 Å². The maximum absolute atomic E-state index is 12.1. The lowest BCUT2D eigenvalue weighted by molar-refractivity contribution is 0.0793. The number of nitrogens with zero attached hydrogens (tertiary/aromatic N) is 2. The van der Waals surface area contributed by atoms with E-state index in [0.717, 1.165) is 25.8 Å². The lowest BCUT2D eigenvalue weighted by atomic mass is 10.2. The van der Waals surface area contributed by atoms with Crippen LogP contribution in [0.15, 0.2) is 12.3 Å². The van der Waals surface area contributed by atoms with Crippen LogP contribution in [-0.4, -0.2) is 29.4 Å². The molecule has 5 heteroatoms. The third-order valence-electron chi connectivity index (χ3n) is 2.58. The van der Waals surface area contributed by atoms with Crippen molar-refractivity contribution in [3.8, 4) is 0 Å². The van der Waals surface area contributed by atoms with Gasteiger partial charge in [0.05, 0.1) is 17.4 Å². The molecule has 1 aromatic rings. The van der Waals surface area contributed by atoms with Gasteiger partial charge in [0.25, 0.3) is 5.91 Å². The first-order valence-corrected chi connectivity index (χ1v) is 6.10. The average Bonchev–Trinajstić information content (AvgIpc) is 2.31. The largest absolute Gasteiger partial charge is 0.397 e. The number of amides is 1. The van der Waals surface area contributed by atoms with E-state index >= 15 is 0 Å². The Bertz CT molecular complexity index is 395. The number of unbranched alkanes of at least 4 members (excludes halogenated alkanes) is 2. The first-order chi connectivity index (χ1) is 8.06. The Kier molecular flexibility index (Phi) is 5.22. The number of anilines is 1. The predicted octanol–water partition coefficient (Wildman–Crippen LogP) is 2.58. The molecule has 1 heterocycles. The molecule has 0 aliphatic heterocycles. The fraction of sp³-hybridized carbons (Fsp3) is 0.500. The van der Waals surface area contributed by atoms with Crippen molar-refractivity contribution in [2.75, 3.05) is 19.3 Å². The Hall–Kier alpha value is -1.29. The molecule has 0 saturated heterocycles. The zero-order valence-corrected chi connectivity index (χ0v) is 11.0. The van der Waals surface area contributed by atoms with Crippen LogP contribution >= 0.6 is 11.6 Å². The van der Waals surface area contributed by atoms with Crippen LogP contribution in [0, 0.1) is 0 Å². The monoisotopic (exact) mass is 255 g/mol. The predicted molar refractivity (Wildman–Crippen MR) is 70.1 cm³/mol. The summed E-state index contributed by atoms with van der Waals surface area (Å²) >= 11 is 5.75. The van der Waals surface area contributed by atoms with Crippen molar-refractivity contribution in [3.05, 3.63) is 23.0 Å². The molecule has 0 aliphatic carbocycles. The van der Waals surface area contributed by atoms with Crippen molar-refractivity contribution < 1.29 is 4.79 Å². The van der Waals surface area contributed by atoms with Gasteiger partial charge in [-0.2, -0.15) is 0 Å². The smallest absolute Gasteiger partial charge is 0.255 e. The summed E-state index contributed by atoms with van der Waals surface area (Å²) in [5.74, 6) is -0.108. The zero-order valence-electron chi connectivity index (χ0n) is 10.2. The molecule has 0 atom stereocenters. The van der Waals surface area contributed by atoms with Gasteiger partial charge in [0.15, 0.2) is 0 Å². The number of carbonyl (C=O) groups is 1. The minimum atomic E-state index is -0.108. The lowest BCUT2D eigenvalue weighted by Gasteiger charge is -2.17. The van der Waals surface area contributed by atoms with E-state index in [4.69, 9.17) is 17.3 Å². The van der Waals surface area contributed by atoms with Crippen molar-refractivity contribution in [3.63, 3.8) is 0 Å². The van der Waals surface area contributed by atoms with E-state index in [2.05, 4.69) is 11.9 Å². The first kappa shape index (κ1) is 13.8. The molecular formula is C12H18ClN3O. The van der Waals surface area contributed by atoms with E-state index in [-0.39, 0.29) is 11.1 Å². The summed E-state index contributed by atoms with van der Waals surface area (Å²) in [4.78, 5) is 17.6. The molecular weight excluding hydrogens is 238 g/mol.